The van der Waals surface area contributed by atoms with E-state index in [0.717, 1.165) is 32.0 Å². The minimum absolute atomic E-state index is 0.872. The molecule has 21 heavy (non-hydrogen) atoms. The Morgan fingerprint density at radius 1 is 1.19 bits per heavy atom. The Balaban J connectivity index is 1.99. The Bertz CT molecular complexity index is 957. The molecule has 4 rings (SSSR count). The maximum atomic E-state index is 5.48. The van der Waals surface area contributed by atoms with Gasteiger partial charge in [-0.3, -0.25) is 4.40 Å². The number of hydrogen-bond donors (Lipinski definition) is 0. The van der Waals surface area contributed by atoms with Crippen LogP contribution in [0.1, 0.15) is 0 Å². The number of rotatable bonds is 2. The SMILES string of the molecule is COc1cccc2sc3nc(-c4cccc(Br)c4)cn3c12. The first-order valence-corrected chi connectivity index (χ1v) is 8.08. The third-order valence-electron chi connectivity index (χ3n) is 3.42. The van der Waals surface area contributed by atoms with E-state index >= 15 is 0 Å². The fraction of sp³-hybridized carbons (Fsp3) is 0.0625. The fourth-order valence-electron chi connectivity index (χ4n) is 2.47. The molecule has 0 fully saturated rings. The average Bonchev–Trinajstić information content (AvgIpc) is 3.04. The molecule has 2 aromatic carbocycles. The van der Waals surface area contributed by atoms with Crippen LogP contribution < -0.4 is 4.74 Å². The van der Waals surface area contributed by atoms with Gasteiger partial charge in [0.1, 0.15) is 11.3 Å². The van der Waals surface area contributed by atoms with E-state index in [1.807, 2.05) is 24.3 Å². The van der Waals surface area contributed by atoms with Crippen LogP contribution >= 0.6 is 27.3 Å². The number of methoxy groups -OCH3 is 1. The molecule has 0 aliphatic carbocycles. The number of halogens is 1. The van der Waals surface area contributed by atoms with Crippen LogP contribution in [0.25, 0.3) is 26.4 Å². The second-order valence-corrected chi connectivity index (χ2v) is 6.62. The number of fused-ring (bicyclic) bond motifs is 3. The summed E-state index contributed by atoms with van der Waals surface area (Å²) in [5, 5.41) is 0. The Morgan fingerprint density at radius 3 is 2.86 bits per heavy atom. The van der Waals surface area contributed by atoms with Gasteiger partial charge in [0.15, 0.2) is 4.96 Å². The van der Waals surface area contributed by atoms with E-state index in [1.165, 1.54) is 4.70 Å². The van der Waals surface area contributed by atoms with Crippen molar-refractivity contribution in [1.29, 1.82) is 0 Å². The monoisotopic (exact) mass is 358 g/mol. The van der Waals surface area contributed by atoms with Crippen LogP contribution in [0.2, 0.25) is 0 Å². The zero-order valence-electron chi connectivity index (χ0n) is 11.2. The molecule has 0 unspecified atom stereocenters. The van der Waals surface area contributed by atoms with Crippen molar-refractivity contribution in [2.75, 3.05) is 7.11 Å². The van der Waals surface area contributed by atoms with Gasteiger partial charge in [0.2, 0.25) is 0 Å². The van der Waals surface area contributed by atoms with E-state index < -0.39 is 0 Å². The number of ether oxygens (including phenoxy) is 1. The van der Waals surface area contributed by atoms with E-state index in [-0.39, 0.29) is 0 Å². The van der Waals surface area contributed by atoms with E-state index in [2.05, 4.69) is 44.7 Å². The molecule has 0 N–H and O–H groups in total. The molecule has 0 aliphatic heterocycles. The smallest absolute Gasteiger partial charge is 0.195 e. The maximum absolute atomic E-state index is 5.48. The van der Waals surface area contributed by atoms with Crippen LogP contribution in [0.3, 0.4) is 0 Å². The molecule has 0 saturated carbocycles. The normalized spacial score (nSPS) is 11.3. The Labute approximate surface area is 133 Å². The third-order valence-corrected chi connectivity index (χ3v) is 4.93. The highest BCUT2D eigenvalue weighted by Gasteiger charge is 2.13. The zero-order valence-corrected chi connectivity index (χ0v) is 13.6. The molecular formula is C16H11BrN2OS. The molecule has 2 heterocycles. The molecule has 4 aromatic rings. The van der Waals surface area contributed by atoms with Gasteiger partial charge in [-0.15, -0.1) is 0 Å². The van der Waals surface area contributed by atoms with Crippen molar-refractivity contribution in [3.63, 3.8) is 0 Å². The summed E-state index contributed by atoms with van der Waals surface area (Å²) in [6, 6.07) is 14.3. The highest BCUT2D eigenvalue weighted by Crippen LogP contribution is 2.34. The van der Waals surface area contributed by atoms with Crippen molar-refractivity contribution in [2.45, 2.75) is 0 Å². The van der Waals surface area contributed by atoms with Crippen molar-refractivity contribution >= 4 is 42.4 Å². The quantitative estimate of drug-likeness (QED) is 0.504. The van der Waals surface area contributed by atoms with Crippen molar-refractivity contribution in [3.05, 3.63) is 53.1 Å². The number of aromatic nitrogens is 2. The number of benzene rings is 2. The lowest BCUT2D eigenvalue weighted by Crippen LogP contribution is -1.86. The predicted octanol–water partition coefficient (Wildman–Crippen LogP) is 4.99. The van der Waals surface area contributed by atoms with E-state index in [1.54, 1.807) is 18.4 Å². The first kappa shape index (κ1) is 12.9. The minimum Gasteiger partial charge on any atom is -0.495 e. The largest absolute Gasteiger partial charge is 0.495 e. The Morgan fingerprint density at radius 2 is 2.05 bits per heavy atom. The van der Waals surface area contributed by atoms with Crippen molar-refractivity contribution in [2.24, 2.45) is 0 Å². The predicted molar refractivity (Wildman–Crippen MR) is 90.3 cm³/mol. The van der Waals surface area contributed by atoms with Gasteiger partial charge in [-0.05, 0) is 24.3 Å². The molecule has 0 amide bonds. The summed E-state index contributed by atoms with van der Waals surface area (Å²) < 4.78 is 9.82. The van der Waals surface area contributed by atoms with Gasteiger partial charge in [-0.25, -0.2) is 4.98 Å². The maximum Gasteiger partial charge on any atom is 0.195 e. The second-order valence-electron chi connectivity index (χ2n) is 4.70. The molecular weight excluding hydrogens is 348 g/mol. The van der Waals surface area contributed by atoms with Crippen LogP contribution in [0.5, 0.6) is 5.75 Å². The second kappa shape index (κ2) is 4.86. The minimum atomic E-state index is 0.872. The van der Waals surface area contributed by atoms with Crippen molar-refractivity contribution in [1.82, 2.24) is 9.38 Å². The van der Waals surface area contributed by atoms with Crippen LogP contribution in [0.4, 0.5) is 0 Å². The van der Waals surface area contributed by atoms with Gasteiger partial charge in [-0.1, -0.05) is 45.5 Å². The lowest BCUT2D eigenvalue weighted by Gasteiger charge is -2.01. The molecule has 5 heteroatoms. The standard InChI is InChI=1S/C16H11BrN2OS/c1-20-13-6-3-7-14-15(13)19-9-12(18-16(19)21-14)10-4-2-5-11(17)8-10/h2-9H,1H3. The number of hydrogen-bond acceptors (Lipinski definition) is 3. The summed E-state index contributed by atoms with van der Waals surface area (Å²) in [5.41, 5.74) is 3.15. The molecule has 0 radical (unpaired) electrons. The van der Waals surface area contributed by atoms with Gasteiger partial charge in [0.25, 0.3) is 0 Å². The van der Waals surface area contributed by atoms with Crippen LogP contribution in [-0.4, -0.2) is 16.5 Å². The highest BCUT2D eigenvalue weighted by molar-refractivity contribution is 9.10. The molecule has 0 spiro atoms. The first-order chi connectivity index (χ1) is 10.3. The van der Waals surface area contributed by atoms with Crippen LogP contribution in [-0.2, 0) is 0 Å². The zero-order chi connectivity index (χ0) is 14.4. The lowest BCUT2D eigenvalue weighted by atomic mass is 10.2. The molecule has 0 aliphatic rings. The van der Waals surface area contributed by atoms with Gasteiger partial charge >= 0.3 is 0 Å². The summed E-state index contributed by atoms with van der Waals surface area (Å²) in [4.78, 5) is 5.72. The summed E-state index contributed by atoms with van der Waals surface area (Å²) in [6.07, 6.45) is 2.07. The van der Waals surface area contributed by atoms with E-state index in [0.29, 0.717) is 0 Å². The fourth-order valence-corrected chi connectivity index (χ4v) is 3.89. The van der Waals surface area contributed by atoms with Gasteiger partial charge in [0.05, 0.1) is 17.5 Å². The first-order valence-electron chi connectivity index (χ1n) is 6.47. The van der Waals surface area contributed by atoms with E-state index in [4.69, 9.17) is 9.72 Å². The van der Waals surface area contributed by atoms with Gasteiger partial charge in [0, 0.05) is 16.2 Å². The van der Waals surface area contributed by atoms with Gasteiger partial charge < -0.3 is 4.74 Å². The van der Waals surface area contributed by atoms with Gasteiger partial charge in [-0.2, -0.15) is 0 Å². The topological polar surface area (TPSA) is 26.5 Å². The van der Waals surface area contributed by atoms with Crippen molar-refractivity contribution in [3.8, 4) is 17.0 Å². The number of nitrogens with zero attached hydrogens (tertiary/aromatic N) is 2. The number of thiazole rings is 1. The average molecular weight is 359 g/mol. The Hall–Kier alpha value is -1.85. The molecule has 3 nitrogen and oxygen atoms in total. The van der Waals surface area contributed by atoms with Crippen LogP contribution in [0, 0.1) is 0 Å². The number of imidazole rings is 1. The van der Waals surface area contributed by atoms with Crippen molar-refractivity contribution < 1.29 is 4.74 Å². The molecule has 2 aromatic heterocycles. The van der Waals surface area contributed by atoms with Crippen LogP contribution in [0.15, 0.2) is 53.1 Å². The molecule has 0 atom stereocenters. The molecule has 0 saturated heterocycles. The summed E-state index contributed by atoms with van der Waals surface area (Å²) in [5.74, 6) is 0.872. The lowest BCUT2D eigenvalue weighted by molar-refractivity contribution is 0.418. The molecule has 104 valence electrons. The summed E-state index contributed by atoms with van der Waals surface area (Å²) in [7, 11) is 1.70. The third kappa shape index (κ3) is 2.04. The molecule has 0 bridgehead atoms. The van der Waals surface area contributed by atoms with E-state index in [9.17, 15) is 0 Å². The summed E-state index contributed by atoms with van der Waals surface area (Å²) in [6.45, 7) is 0. The number of para-hydroxylation sites is 1. The summed E-state index contributed by atoms with van der Waals surface area (Å²) >= 11 is 5.18. The highest BCUT2D eigenvalue weighted by atomic mass is 79.9. The Kier molecular flexibility index (Phi) is 2.97.